The Kier molecular flexibility index (Phi) is 4.56. The highest BCUT2D eigenvalue weighted by Crippen LogP contribution is 2.13. The van der Waals surface area contributed by atoms with Gasteiger partial charge in [0, 0.05) is 18.8 Å². The molecule has 1 unspecified atom stereocenters. The first-order valence-corrected chi connectivity index (χ1v) is 5.39. The van der Waals surface area contributed by atoms with Gasteiger partial charge in [0.05, 0.1) is 6.10 Å². The van der Waals surface area contributed by atoms with Crippen LogP contribution in [0, 0.1) is 5.92 Å². The molecular formula is C12H20N2O. The van der Waals surface area contributed by atoms with Gasteiger partial charge in [0.2, 0.25) is 5.88 Å². The van der Waals surface area contributed by atoms with Gasteiger partial charge in [-0.05, 0) is 25.5 Å². The number of rotatable bonds is 5. The number of nitrogens with zero attached hydrogens (tertiary/aromatic N) is 1. The van der Waals surface area contributed by atoms with Gasteiger partial charge in [-0.1, -0.05) is 19.9 Å². The van der Waals surface area contributed by atoms with Gasteiger partial charge in [-0.25, -0.2) is 4.98 Å². The van der Waals surface area contributed by atoms with Crippen molar-refractivity contribution in [2.45, 2.75) is 33.4 Å². The molecule has 0 saturated carbocycles. The molecule has 0 aliphatic rings. The molecule has 0 spiro atoms. The minimum Gasteiger partial charge on any atom is -0.474 e. The molecular weight excluding hydrogens is 188 g/mol. The molecule has 15 heavy (non-hydrogen) atoms. The Balaban J connectivity index is 2.56. The van der Waals surface area contributed by atoms with Gasteiger partial charge >= 0.3 is 0 Å². The second kappa shape index (κ2) is 5.71. The van der Waals surface area contributed by atoms with Crippen LogP contribution in [0.2, 0.25) is 0 Å². The lowest BCUT2D eigenvalue weighted by Crippen LogP contribution is -2.19. The Morgan fingerprint density at radius 3 is 2.53 bits per heavy atom. The normalized spacial score (nSPS) is 12.9. The van der Waals surface area contributed by atoms with Crippen LogP contribution in [0.15, 0.2) is 18.3 Å². The topological polar surface area (TPSA) is 34.1 Å². The van der Waals surface area contributed by atoms with E-state index < -0.39 is 0 Å². The molecule has 0 bridgehead atoms. The van der Waals surface area contributed by atoms with E-state index in [4.69, 9.17) is 4.74 Å². The quantitative estimate of drug-likeness (QED) is 0.805. The summed E-state index contributed by atoms with van der Waals surface area (Å²) < 4.78 is 5.68. The van der Waals surface area contributed by atoms with Crippen LogP contribution in [0.25, 0.3) is 0 Å². The molecule has 84 valence electrons. The average molecular weight is 208 g/mol. The third-order valence-corrected chi connectivity index (χ3v) is 2.42. The van der Waals surface area contributed by atoms with E-state index in [1.54, 1.807) is 0 Å². The van der Waals surface area contributed by atoms with E-state index in [1.165, 1.54) is 5.56 Å². The monoisotopic (exact) mass is 208 g/mol. The van der Waals surface area contributed by atoms with Crippen molar-refractivity contribution < 1.29 is 4.74 Å². The number of aromatic nitrogens is 1. The predicted molar refractivity (Wildman–Crippen MR) is 61.9 cm³/mol. The standard InChI is InChI=1S/C12H20N2O/c1-9(2)10(3)15-12-6-5-11(7-13-4)8-14-12/h5-6,8-10,13H,7H2,1-4H3. The highest BCUT2D eigenvalue weighted by atomic mass is 16.5. The highest BCUT2D eigenvalue weighted by molar-refractivity contribution is 5.17. The molecule has 1 rings (SSSR count). The van der Waals surface area contributed by atoms with Gasteiger partial charge in [-0.3, -0.25) is 0 Å². The summed E-state index contributed by atoms with van der Waals surface area (Å²) >= 11 is 0. The van der Waals surface area contributed by atoms with E-state index in [0.29, 0.717) is 11.8 Å². The molecule has 1 atom stereocenters. The lowest BCUT2D eigenvalue weighted by Gasteiger charge is -2.17. The van der Waals surface area contributed by atoms with Gasteiger partial charge in [0.15, 0.2) is 0 Å². The van der Waals surface area contributed by atoms with E-state index in [9.17, 15) is 0 Å². The molecule has 3 heteroatoms. The van der Waals surface area contributed by atoms with Crippen LogP contribution in [0.3, 0.4) is 0 Å². The Hall–Kier alpha value is -1.09. The number of ether oxygens (including phenoxy) is 1. The lowest BCUT2D eigenvalue weighted by molar-refractivity contribution is 0.163. The summed E-state index contributed by atoms with van der Waals surface area (Å²) in [6.07, 6.45) is 2.05. The second-order valence-electron chi connectivity index (χ2n) is 4.10. The van der Waals surface area contributed by atoms with Crippen molar-refractivity contribution in [3.8, 4) is 5.88 Å². The fourth-order valence-corrected chi connectivity index (χ4v) is 1.12. The van der Waals surface area contributed by atoms with Crippen molar-refractivity contribution in [2.24, 2.45) is 5.92 Å². The number of nitrogens with one attached hydrogen (secondary N) is 1. The van der Waals surface area contributed by atoms with Crippen LogP contribution in [0.4, 0.5) is 0 Å². The number of pyridine rings is 1. The molecule has 0 aliphatic heterocycles. The maximum atomic E-state index is 5.68. The maximum absolute atomic E-state index is 5.68. The lowest BCUT2D eigenvalue weighted by atomic mass is 10.1. The zero-order valence-corrected chi connectivity index (χ0v) is 9.95. The molecule has 0 amide bonds. The molecule has 1 N–H and O–H groups in total. The fraction of sp³-hybridized carbons (Fsp3) is 0.583. The molecule has 3 nitrogen and oxygen atoms in total. The largest absolute Gasteiger partial charge is 0.474 e. The van der Waals surface area contributed by atoms with Crippen molar-refractivity contribution in [3.05, 3.63) is 23.9 Å². The van der Waals surface area contributed by atoms with E-state index in [1.807, 2.05) is 25.4 Å². The SMILES string of the molecule is CNCc1ccc(OC(C)C(C)C)nc1. The van der Waals surface area contributed by atoms with Gasteiger partial charge in [0.25, 0.3) is 0 Å². The predicted octanol–water partition coefficient (Wildman–Crippen LogP) is 2.22. The Morgan fingerprint density at radius 2 is 2.07 bits per heavy atom. The smallest absolute Gasteiger partial charge is 0.213 e. The first-order chi connectivity index (χ1) is 7.13. The summed E-state index contributed by atoms with van der Waals surface area (Å²) in [6.45, 7) is 7.18. The van der Waals surface area contributed by atoms with Crippen LogP contribution in [0.5, 0.6) is 5.88 Å². The van der Waals surface area contributed by atoms with Crippen molar-refractivity contribution in [1.29, 1.82) is 0 Å². The van der Waals surface area contributed by atoms with Crippen molar-refractivity contribution >= 4 is 0 Å². The molecule has 1 aromatic heterocycles. The summed E-state index contributed by atoms with van der Waals surface area (Å²) in [5.41, 5.74) is 1.17. The average Bonchev–Trinajstić information content (AvgIpc) is 2.21. The van der Waals surface area contributed by atoms with Gasteiger partial charge in [0.1, 0.15) is 0 Å². The van der Waals surface area contributed by atoms with E-state index >= 15 is 0 Å². The zero-order chi connectivity index (χ0) is 11.3. The minimum atomic E-state index is 0.202. The zero-order valence-electron chi connectivity index (χ0n) is 9.95. The summed E-state index contributed by atoms with van der Waals surface area (Å²) in [6, 6.07) is 3.96. The molecule has 1 aromatic rings. The number of hydrogen-bond donors (Lipinski definition) is 1. The van der Waals surface area contributed by atoms with Gasteiger partial charge in [-0.2, -0.15) is 0 Å². The molecule has 0 fully saturated rings. The van der Waals surface area contributed by atoms with Crippen molar-refractivity contribution in [3.63, 3.8) is 0 Å². The summed E-state index contributed by atoms with van der Waals surface area (Å²) in [7, 11) is 1.92. The van der Waals surface area contributed by atoms with Crippen molar-refractivity contribution in [1.82, 2.24) is 10.3 Å². The molecule has 0 aliphatic carbocycles. The summed E-state index contributed by atoms with van der Waals surface area (Å²) in [5.74, 6) is 1.21. The molecule has 0 aromatic carbocycles. The van der Waals surface area contributed by atoms with E-state index in [-0.39, 0.29) is 6.10 Å². The van der Waals surface area contributed by atoms with Crippen LogP contribution < -0.4 is 10.1 Å². The third-order valence-electron chi connectivity index (χ3n) is 2.42. The second-order valence-corrected chi connectivity index (χ2v) is 4.10. The van der Waals surface area contributed by atoms with Crippen LogP contribution in [-0.4, -0.2) is 18.1 Å². The van der Waals surface area contributed by atoms with Crippen LogP contribution in [0.1, 0.15) is 26.3 Å². The van der Waals surface area contributed by atoms with Crippen LogP contribution in [-0.2, 0) is 6.54 Å². The summed E-state index contributed by atoms with van der Waals surface area (Å²) in [5, 5.41) is 3.08. The maximum Gasteiger partial charge on any atom is 0.213 e. The summed E-state index contributed by atoms with van der Waals surface area (Å²) in [4.78, 5) is 4.26. The fourth-order valence-electron chi connectivity index (χ4n) is 1.12. The Morgan fingerprint density at radius 1 is 1.33 bits per heavy atom. The van der Waals surface area contributed by atoms with Crippen molar-refractivity contribution in [2.75, 3.05) is 7.05 Å². The minimum absolute atomic E-state index is 0.202. The Labute approximate surface area is 91.9 Å². The van der Waals surface area contributed by atoms with Crippen LogP contribution >= 0.6 is 0 Å². The van der Waals surface area contributed by atoms with E-state index in [2.05, 4.69) is 31.1 Å². The first-order valence-electron chi connectivity index (χ1n) is 5.39. The molecule has 0 saturated heterocycles. The third kappa shape index (κ3) is 3.88. The van der Waals surface area contributed by atoms with Gasteiger partial charge in [-0.15, -0.1) is 0 Å². The first kappa shape index (κ1) is 12.0. The Bertz CT molecular complexity index is 282. The highest BCUT2D eigenvalue weighted by Gasteiger charge is 2.08. The van der Waals surface area contributed by atoms with Gasteiger partial charge < -0.3 is 10.1 Å². The molecule has 1 heterocycles. The van der Waals surface area contributed by atoms with E-state index in [0.717, 1.165) is 6.54 Å². The molecule has 0 radical (unpaired) electrons. The number of hydrogen-bond acceptors (Lipinski definition) is 3.